The molecule has 0 saturated carbocycles. The van der Waals surface area contributed by atoms with Crippen LogP contribution in [0.3, 0.4) is 0 Å². The highest BCUT2D eigenvalue weighted by molar-refractivity contribution is 5.99. The zero-order valence-corrected chi connectivity index (χ0v) is 26.4. The smallest absolute Gasteiger partial charge is 0.410 e. The number of rotatable bonds is 10. The maximum Gasteiger partial charge on any atom is 0.410 e. The number of hydrogen-bond donors (Lipinski definition) is 0. The van der Waals surface area contributed by atoms with E-state index in [-0.39, 0.29) is 25.0 Å². The number of amides is 1. The minimum absolute atomic E-state index is 0.111. The van der Waals surface area contributed by atoms with E-state index in [1.54, 1.807) is 36.1 Å². The van der Waals surface area contributed by atoms with Crippen LogP contribution in [0.1, 0.15) is 61.8 Å². The fourth-order valence-corrected chi connectivity index (χ4v) is 5.39. The lowest BCUT2D eigenvalue weighted by Gasteiger charge is -2.24. The summed E-state index contributed by atoms with van der Waals surface area (Å²) in [6.07, 6.45) is 2.13. The van der Waals surface area contributed by atoms with E-state index in [9.17, 15) is 18.4 Å². The van der Waals surface area contributed by atoms with Gasteiger partial charge in [-0.1, -0.05) is 48.5 Å². The van der Waals surface area contributed by atoms with Gasteiger partial charge in [-0.05, 0) is 69.5 Å². The zero-order chi connectivity index (χ0) is 32.8. The van der Waals surface area contributed by atoms with Crippen LogP contribution in [-0.4, -0.2) is 46.8 Å². The van der Waals surface area contributed by atoms with Gasteiger partial charge in [0, 0.05) is 24.8 Å². The molecule has 1 aromatic heterocycles. The molecule has 1 fully saturated rings. The predicted octanol–water partition coefficient (Wildman–Crippen LogP) is 8.30. The quantitative estimate of drug-likeness (QED) is 0.164. The Bertz CT molecular complexity index is 1640. The Hall–Kier alpha value is -4.70. The molecule has 1 amide bonds. The van der Waals surface area contributed by atoms with Crippen molar-refractivity contribution in [2.75, 3.05) is 19.7 Å². The van der Waals surface area contributed by atoms with Crippen molar-refractivity contribution >= 4 is 12.1 Å². The fraction of sp³-hybridized carbons (Fsp3) is 0.333. The Kier molecular flexibility index (Phi) is 10.1. The Morgan fingerprint density at radius 3 is 2.26 bits per heavy atom. The second kappa shape index (κ2) is 14.2. The van der Waals surface area contributed by atoms with Crippen molar-refractivity contribution in [1.29, 1.82) is 0 Å². The van der Waals surface area contributed by atoms with Crippen molar-refractivity contribution < 1.29 is 37.3 Å². The molecule has 2 heterocycles. The van der Waals surface area contributed by atoms with Gasteiger partial charge in [0.2, 0.25) is 0 Å². The van der Waals surface area contributed by atoms with Crippen LogP contribution < -0.4 is 4.74 Å². The summed E-state index contributed by atoms with van der Waals surface area (Å²) in [7, 11) is 0. The molecule has 1 aliphatic rings. The van der Waals surface area contributed by atoms with Crippen LogP contribution in [0, 0.1) is 11.6 Å². The van der Waals surface area contributed by atoms with E-state index in [1.807, 2.05) is 61.9 Å². The monoisotopic (exact) mass is 632 g/mol. The lowest BCUT2D eigenvalue weighted by molar-refractivity contribution is 0.0287. The number of esters is 1. The number of carbonyl (C=O) groups is 2. The Morgan fingerprint density at radius 1 is 0.913 bits per heavy atom. The first kappa shape index (κ1) is 32.7. The third-order valence-electron chi connectivity index (χ3n) is 7.48. The average molecular weight is 633 g/mol. The van der Waals surface area contributed by atoms with Gasteiger partial charge in [0.05, 0.1) is 37.1 Å². The number of aromatic nitrogens is 1. The molecule has 0 bridgehead atoms. The largest absolute Gasteiger partial charge is 0.462 e. The molecule has 1 atom stereocenters. The third-order valence-corrected chi connectivity index (χ3v) is 7.48. The molecule has 1 saturated heterocycles. The van der Waals surface area contributed by atoms with Crippen molar-refractivity contribution in [1.82, 2.24) is 9.47 Å². The zero-order valence-electron chi connectivity index (χ0n) is 26.4. The summed E-state index contributed by atoms with van der Waals surface area (Å²) in [5.41, 5.74) is 2.58. The highest BCUT2D eigenvalue weighted by Crippen LogP contribution is 2.36. The number of carbonyl (C=O) groups excluding carboxylic acids is 2. The lowest BCUT2D eigenvalue weighted by Crippen LogP contribution is -2.35. The van der Waals surface area contributed by atoms with Gasteiger partial charge in [-0.15, -0.1) is 0 Å². The highest BCUT2D eigenvalue weighted by Gasteiger charge is 2.34. The molecule has 5 rings (SSSR count). The van der Waals surface area contributed by atoms with Gasteiger partial charge in [0.25, 0.3) is 0 Å². The van der Waals surface area contributed by atoms with Crippen molar-refractivity contribution in [2.24, 2.45) is 0 Å². The number of likely N-dealkylation sites (tertiary alicyclic amines) is 1. The Morgan fingerprint density at radius 2 is 1.61 bits per heavy atom. The number of benzene rings is 3. The minimum Gasteiger partial charge on any atom is -0.462 e. The van der Waals surface area contributed by atoms with Crippen molar-refractivity contribution in [3.05, 3.63) is 107 Å². The standard InChI is InChI=1S/C36H38F2N2O6/c1-5-44-34(41)32-28(25-14-16-27(17-15-25)45-33-29(37)12-9-13-30(33)38)21-40(31(32)23-43-22-24-10-7-6-8-11-24)26-18-19-39(20-26)35(42)46-36(2,3)4/h6-17,21,26H,5,18-20,22-23H2,1-4H3/t26-/m1/s1. The molecular formula is C36H38F2N2O6. The summed E-state index contributed by atoms with van der Waals surface area (Å²) in [5.74, 6) is -2.42. The van der Waals surface area contributed by atoms with E-state index in [4.69, 9.17) is 18.9 Å². The molecule has 0 spiro atoms. The molecule has 0 N–H and O–H groups in total. The van der Waals surface area contributed by atoms with Crippen LogP contribution in [0.25, 0.3) is 11.1 Å². The van der Waals surface area contributed by atoms with Crippen molar-refractivity contribution in [3.63, 3.8) is 0 Å². The van der Waals surface area contributed by atoms with Crippen molar-refractivity contribution in [2.45, 2.75) is 59.0 Å². The summed E-state index contributed by atoms with van der Waals surface area (Å²) in [4.78, 5) is 28.1. The molecule has 10 heteroatoms. The summed E-state index contributed by atoms with van der Waals surface area (Å²) >= 11 is 0. The third kappa shape index (κ3) is 7.74. The Labute approximate surface area is 267 Å². The molecule has 0 aliphatic carbocycles. The summed E-state index contributed by atoms with van der Waals surface area (Å²) in [6, 6.07) is 19.7. The first-order chi connectivity index (χ1) is 22.0. The average Bonchev–Trinajstić information content (AvgIpc) is 3.65. The van der Waals surface area contributed by atoms with Crippen LogP contribution in [0.2, 0.25) is 0 Å². The van der Waals surface area contributed by atoms with Gasteiger partial charge in [0.1, 0.15) is 11.4 Å². The summed E-state index contributed by atoms with van der Waals surface area (Å²) in [5, 5.41) is 0. The number of para-hydroxylation sites is 1. The van der Waals surface area contributed by atoms with Gasteiger partial charge in [-0.2, -0.15) is 0 Å². The van der Waals surface area contributed by atoms with Gasteiger partial charge < -0.3 is 28.4 Å². The lowest BCUT2D eigenvalue weighted by atomic mass is 10.0. The van der Waals surface area contributed by atoms with Crippen LogP contribution in [-0.2, 0) is 27.4 Å². The summed E-state index contributed by atoms with van der Waals surface area (Å²) in [6.45, 7) is 8.71. The number of halogens is 2. The van der Waals surface area contributed by atoms with E-state index in [0.717, 1.165) is 17.7 Å². The molecule has 8 nitrogen and oxygen atoms in total. The molecule has 0 unspecified atom stereocenters. The fourth-order valence-electron chi connectivity index (χ4n) is 5.39. The first-order valence-corrected chi connectivity index (χ1v) is 15.3. The van der Waals surface area contributed by atoms with Gasteiger partial charge >= 0.3 is 12.1 Å². The second-order valence-electron chi connectivity index (χ2n) is 12.0. The molecule has 0 radical (unpaired) electrons. The van der Waals surface area contributed by atoms with E-state index in [2.05, 4.69) is 0 Å². The van der Waals surface area contributed by atoms with Gasteiger partial charge in [-0.3, -0.25) is 0 Å². The van der Waals surface area contributed by atoms with E-state index in [1.165, 1.54) is 6.07 Å². The SMILES string of the molecule is CCOC(=O)c1c(-c2ccc(Oc3c(F)cccc3F)cc2)cn([C@@H]2CCN(C(=O)OC(C)(C)C)C2)c1COCc1ccccc1. The van der Waals surface area contributed by atoms with Crippen LogP contribution >= 0.6 is 0 Å². The minimum atomic E-state index is -0.817. The van der Waals surface area contributed by atoms with Crippen LogP contribution in [0.4, 0.5) is 13.6 Å². The van der Waals surface area contributed by atoms with E-state index in [0.29, 0.717) is 48.5 Å². The highest BCUT2D eigenvalue weighted by atomic mass is 19.1. The molecule has 3 aromatic carbocycles. The molecule has 242 valence electrons. The molecule has 46 heavy (non-hydrogen) atoms. The molecule has 1 aliphatic heterocycles. The number of ether oxygens (including phenoxy) is 4. The normalized spacial score (nSPS) is 14.7. The topological polar surface area (TPSA) is 79.2 Å². The van der Waals surface area contributed by atoms with Crippen LogP contribution in [0.5, 0.6) is 11.5 Å². The number of hydrogen-bond acceptors (Lipinski definition) is 6. The van der Waals surface area contributed by atoms with E-state index < -0.39 is 35.0 Å². The van der Waals surface area contributed by atoms with Crippen molar-refractivity contribution in [3.8, 4) is 22.6 Å². The number of nitrogens with zero attached hydrogens (tertiary/aromatic N) is 2. The first-order valence-electron chi connectivity index (χ1n) is 15.3. The maximum absolute atomic E-state index is 14.2. The van der Waals surface area contributed by atoms with E-state index >= 15 is 0 Å². The summed E-state index contributed by atoms with van der Waals surface area (Å²) < 4.78 is 53.2. The maximum atomic E-state index is 14.2. The molecular weight excluding hydrogens is 594 g/mol. The second-order valence-corrected chi connectivity index (χ2v) is 12.0. The Balaban J connectivity index is 1.50. The van der Waals surface area contributed by atoms with Gasteiger partial charge in [-0.25, -0.2) is 18.4 Å². The predicted molar refractivity (Wildman–Crippen MR) is 169 cm³/mol. The van der Waals surface area contributed by atoms with Crippen LogP contribution in [0.15, 0.2) is 79.0 Å². The molecule has 4 aromatic rings. The van der Waals surface area contributed by atoms with Gasteiger partial charge in [0.15, 0.2) is 17.4 Å².